The molecule has 0 N–H and O–H groups in total. The molecule has 2 aromatic heterocycles. The van der Waals surface area contributed by atoms with E-state index in [0.29, 0.717) is 30.2 Å². The molecular weight excluding hydrogens is 312 g/mol. The van der Waals surface area contributed by atoms with Gasteiger partial charge in [-0.15, -0.1) is 5.10 Å². The Morgan fingerprint density at radius 1 is 1.04 bits per heavy atom. The summed E-state index contributed by atoms with van der Waals surface area (Å²) in [7, 11) is 0. The van der Waals surface area contributed by atoms with Crippen molar-refractivity contribution < 1.29 is 0 Å². The zero-order valence-electron chi connectivity index (χ0n) is 14.2. The van der Waals surface area contributed by atoms with Crippen LogP contribution in [0, 0.1) is 5.92 Å². The fourth-order valence-electron chi connectivity index (χ4n) is 4.86. The third kappa shape index (κ3) is 2.42. The van der Waals surface area contributed by atoms with E-state index in [0.717, 1.165) is 6.54 Å². The van der Waals surface area contributed by atoms with Crippen molar-refractivity contribution in [2.45, 2.75) is 37.9 Å². The van der Waals surface area contributed by atoms with Crippen LogP contribution in [0.3, 0.4) is 0 Å². The molecule has 1 aliphatic carbocycles. The number of hydrogen-bond donors (Lipinski definition) is 0. The minimum atomic E-state index is -0.0479. The van der Waals surface area contributed by atoms with Crippen LogP contribution < -0.4 is 5.69 Å². The molecule has 2 fully saturated rings. The van der Waals surface area contributed by atoms with Crippen LogP contribution in [0.2, 0.25) is 0 Å². The monoisotopic (exact) mass is 334 g/mol. The highest BCUT2D eigenvalue weighted by Gasteiger charge is 2.44. The quantitative estimate of drug-likeness (QED) is 0.740. The summed E-state index contributed by atoms with van der Waals surface area (Å²) in [5.74, 6) is 1.27. The summed E-state index contributed by atoms with van der Waals surface area (Å²) < 4.78 is 3.25. The summed E-state index contributed by atoms with van der Waals surface area (Å²) in [4.78, 5) is 15.1. The van der Waals surface area contributed by atoms with Gasteiger partial charge in [-0.25, -0.2) is 4.79 Å². The van der Waals surface area contributed by atoms with Gasteiger partial charge in [0, 0.05) is 24.7 Å². The van der Waals surface area contributed by atoms with E-state index in [1.54, 1.807) is 15.3 Å². The molecule has 0 radical (unpaired) electrons. The molecule has 1 saturated heterocycles. The van der Waals surface area contributed by atoms with Crippen LogP contribution >= 0.6 is 0 Å². The molecule has 5 rings (SSSR count). The minimum Gasteiger partial charge on any atom is -0.280 e. The molecule has 5 nitrogen and oxygen atoms in total. The molecule has 0 bridgehead atoms. The average Bonchev–Trinajstić information content (AvgIpc) is 3.33. The van der Waals surface area contributed by atoms with Crippen LogP contribution in [0.15, 0.2) is 59.5 Å². The van der Waals surface area contributed by atoms with Gasteiger partial charge in [0.2, 0.25) is 0 Å². The van der Waals surface area contributed by atoms with E-state index >= 15 is 0 Å². The molecule has 128 valence electrons. The summed E-state index contributed by atoms with van der Waals surface area (Å²) in [6.07, 6.45) is 5.60. The fourth-order valence-corrected chi connectivity index (χ4v) is 4.86. The van der Waals surface area contributed by atoms with E-state index in [1.807, 2.05) is 18.2 Å². The van der Waals surface area contributed by atoms with E-state index in [4.69, 9.17) is 0 Å². The maximum absolute atomic E-state index is 12.6. The Kier molecular flexibility index (Phi) is 3.48. The predicted molar refractivity (Wildman–Crippen MR) is 96.5 cm³/mol. The molecule has 3 aromatic rings. The van der Waals surface area contributed by atoms with Gasteiger partial charge >= 0.3 is 5.69 Å². The average molecular weight is 334 g/mol. The summed E-state index contributed by atoms with van der Waals surface area (Å²) in [6.45, 7) is 1.60. The molecule has 1 aliphatic heterocycles. The van der Waals surface area contributed by atoms with Crippen LogP contribution in [-0.2, 0) is 6.67 Å². The Morgan fingerprint density at radius 3 is 2.72 bits per heavy atom. The number of nitrogens with zero attached hydrogens (tertiary/aromatic N) is 4. The lowest BCUT2D eigenvalue weighted by molar-refractivity contribution is 0.178. The SMILES string of the molecule is O=c1n(CN2CC(c3ccccc3)C3CCCC32)nc2ccccn12. The number of benzene rings is 1. The van der Waals surface area contributed by atoms with Crippen molar-refractivity contribution in [3.05, 3.63) is 70.8 Å². The van der Waals surface area contributed by atoms with Crippen LogP contribution in [0.25, 0.3) is 5.65 Å². The molecular formula is C20H22N4O. The molecule has 25 heavy (non-hydrogen) atoms. The maximum atomic E-state index is 12.6. The highest BCUT2D eigenvalue weighted by Crippen LogP contribution is 2.46. The van der Waals surface area contributed by atoms with Gasteiger partial charge in [-0.3, -0.25) is 9.30 Å². The molecule has 1 aromatic carbocycles. The van der Waals surface area contributed by atoms with Crippen molar-refractivity contribution in [3.8, 4) is 0 Å². The second-order valence-electron chi connectivity index (χ2n) is 7.30. The van der Waals surface area contributed by atoms with Crippen molar-refractivity contribution in [2.75, 3.05) is 6.54 Å². The lowest BCUT2D eigenvalue weighted by atomic mass is 9.87. The zero-order chi connectivity index (χ0) is 16.8. The summed E-state index contributed by atoms with van der Waals surface area (Å²) in [5.41, 5.74) is 2.10. The number of rotatable bonds is 3. The lowest BCUT2D eigenvalue weighted by Crippen LogP contribution is -2.36. The van der Waals surface area contributed by atoms with Crippen LogP contribution in [-0.4, -0.2) is 31.7 Å². The smallest absolute Gasteiger partial charge is 0.280 e. The van der Waals surface area contributed by atoms with Gasteiger partial charge in [0.1, 0.15) is 0 Å². The Balaban J connectivity index is 1.45. The summed E-state index contributed by atoms with van der Waals surface area (Å²) in [5, 5.41) is 4.51. The largest absolute Gasteiger partial charge is 0.351 e. The summed E-state index contributed by atoms with van der Waals surface area (Å²) in [6, 6.07) is 17.1. The van der Waals surface area contributed by atoms with Crippen LogP contribution in [0.1, 0.15) is 30.7 Å². The molecule has 1 saturated carbocycles. The maximum Gasteiger partial charge on any atom is 0.351 e. The van der Waals surface area contributed by atoms with Crippen molar-refractivity contribution in [1.29, 1.82) is 0 Å². The lowest BCUT2D eigenvalue weighted by Gasteiger charge is -2.22. The zero-order valence-corrected chi connectivity index (χ0v) is 14.2. The first-order valence-electron chi connectivity index (χ1n) is 9.14. The van der Waals surface area contributed by atoms with Crippen molar-refractivity contribution in [3.63, 3.8) is 0 Å². The number of aromatic nitrogens is 3. The van der Waals surface area contributed by atoms with Crippen molar-refractivity contribution in [1.82, 2.24) is 19.1 Å². The number of fused-ring (bicyclic) bond motifs is 2. The third-order valence-electron chi connectivity index (χ3n) is 5.98. The van der Waals surface area contributed by atoms with Gasteiger partial charge in [-0.2, -0.15) is 4.68 Å². The van der Waals surface area contributed by atoms with Gasteiger partial charge in [-0.1, -0.05) is 42.8 Å². The second kappa shape index (κ2) is 5.85. The molecule has 0 spiro atoms. The number of pyridine rings is 1. The normalized spacial score (nSPS) is 26.3. The molecule has 0 amide bonds. The second-order valence-corrected chi connectivity index (χ2v) is 7.30. The van der Waals surface area contributed by atoms with Gasteiger partial charge in [0.25, 0.3) is 0 Å². The number of likely N-dealkylation sites (tertiary alicyclic amines) is 1. The highest BCUT2D eigenvalue weighted by molar-refractivity contribution is 5.35. The Hall–Kier alpha value is -2.40. The van der Waals surface area contributed by atoms with Gasteiger partial charge in [0.15, 0.2) is 5.65 Å². The Labute approximate surface area is 146 Å². The predicted octanol–water partition coefficient (Wildman–Crippen LogP) is 2.72. The van der Waals surface area contributed by atoms with Gasteiger partial charge in [0.05, 0.1) is 6.67 Å². The van der Waals surface area contributed by atoms with Crippen molar-refractivity contribution in [2.24, 2.45) is 5.92 Å². The first kappa shape index (κ1) is 14.9. The number of hydrogen-bond acceptors (Lipinski definition) is 3. The first-order chi connectivity index (χ1) is 12.3. The Bertz CT molecular complexity index is 945. The van der Waals surface area contributed by atoms with E-state index in [9.17, 15) is 4.79 Å². The Morgan fingerprint density at radius 2 is 1.88 bits per heavy atom. The third-order valence-corrected chi connectivity index (χ3v) is 5.98. The molecule has 3 heterocycles. The van der Waals surface area contributed by atoms with Crippen LogP contribution in [0.4, 0.5) is 0 Å². The molecule has 3 unspecified atom stereocenters. The minimum absolute atomic E-state index is 0.0479. The van der Waals surface area contributed by atoms with E-state index in [1.165, 1.54) is 24.8 Å². The molecule has 5 heteroatoms. The van der Waals surface area contributed by atoms with E-state index in [2.05, 4.69) is 40.3 Å². The highest BCUT2D eigenvalue weighted by atomic mass is 16.2. The standard InChI is InChI=1S/C20H22N4O/c25-20-23-12-5-4-11-19(23)21-24(20)14-22-13-17(15-7-2-1-3-8-15)16-9-6-10-18(16)22/h1-5,7-8,11-12,16-18H,6,9-10,13-14H2. The molecule has 3 atom stereocenters. The first-order valence-corrected chi connectivity index (χ1v) is 9.14. The van der Waals surface area contributed by atoms with Gasteiger partial charge < -0.3 is 0 Å². The topological polar surface area (TPSA) is 42.5 Å². The molecule has 2 aliphatic rings. The summed E-state index contributed by atoms with van der Waals surface area (Å²) >= 11 is 0. The van der Waals surface area contributed by atoms with Crippen molar-refractivity contribution >= 4 is 5.65 Å². The van der Waals surface area contributed by atoms with E-state index < -0.39 is 0 Å². The fraction of sp³-hybridized carbons (Fsp3) is 0.400. The van der Waals surface area contributed by atoms with Crippen LogP contribution in [0.5, 0.6) is 0 Å². The van der Waals surface area contributed by atoms with Gasteiger partial charge in [-0.05, 0) is 36.5 Å². The van der Waals surface area contributed by atoms with E-state index in [-0.39, 0.29) is 5.69 Å².